The summed E-state index contributed by atoms with van der Waals surface area (Å²) in [5, 5.41) is 4.84. The monoisotopic (exact) mass is 394 g/mol. The standard InChI is InChI=1S/C18H23N3O3S2/c1-20(13-16-7-5-11-25-16)14-18(22)19-15-6-4-8-17(12-15)26(23,24)21-9-2-3-10-21/h4-8,11-12H,2-3,9-10,13-14H2,1H3,(H,19,22)/p+1. The van der Waals surface area contributed by atoms with Crippen LogP contribution in [-0.2, 0) is 21.4 Å². The molecule has 0 bridgehead atoms. The third-order valence-corrected chi connectivity index (χ3v) is 7.11. The Balaban J connectivity index is 1.62. The van der Waals surface area contributed by atoms with Crippen LogP contribution in [0.25, 0.3) is 0 Å². The molecule has 0 radical (unpaired) electrons. The Morgan fingerprint density at radius 3 is 2.69 bits per heavy atom. The molecular formula is C18H24N3O3S2+. The number of hydrogen-bond acceptors (Lipinski definition) is 4. The van der Waals surface area contributed by atoms with Gasteiger partial charge >= 0.3 is 0 Å². The van der Waals surface area contributed by atoms with E-state index in [1.54, 1.807) is 35.6 Å². The number of carbonyl (C=O) groups excluding carboxylic acids is 1. The zero-order valence-electron chi connectivity index (χ0n) is 14.8. The molecule has 1 amide bonds. The maximum atomic E-state index is 12.6. The normalized spacial score (nSPS) is 16.5. The molecule has 1 unspecified atom stereocenters. The van der Waals surface area contributed by atoms with Crippen molar-refractivity contribution in [2.45, 2.75) is 24.3 Å². The Bertz CT molecular complexity index is 844. The highest BCUT2D eigenvalue weighted by atomic mass is 32.2. The van der Waals surface area contributed by atoms with Gasteiger partial charge in [-0.1, -0.05) is 12.1 Å². The first kappa shape index (κ1) is 19.0. The number of benzene rings is 1. The van der Waals surface area contributed by atoms with Gasteiger partial charge in [0.05, 0.1) is 16.8 Å². The van der Waals surface area contributed by atoms with Crippen LogP contribution in [0.3, 0.4) is 0 Å². The molecule has 0 aliphatic carbocycles. The van der Waals surface area contributed by atoms with E-state index < -0.39 is 10.0 Å². The molecule has 1 aliphatic heterocycles. The summed E-state index contributed by atoms with van der Waals surface area (Å²) in [5.41, 5.74) is 0.513. The summed E-state index contributed by atoms with van der Waals surface area (Å²) in [6.07, 6.45) is 1.80. The molecule has 26 heavy (non-hydrogen) atoms. The van der Waals surface area contributed by atoms with Gasteiger partial charge in [0, 0.05) is 18.8 Å². The van der Waals surface area contributed by atoms with Gasteiger partial charge in [-0.3, -0.25) is 4.79 Å². The van der Waals surface area contributed by atoms with Gasteiger partial charge in [-0.2, -0.15) is 4.31 Å². The van der Waals surface area contributed by atoms with Crippen molar-refractivity contribution in [3.05, 3.63) is 46.7 Å². The van der Waals surface area contributed by atoms with Crippen LogP contribution in [0.5, 0.6) is 0 Å². The molecular weight excluding hydrogens is 370 g/mol. The summed E-state index contributed by atoms with van der Waals surface area (Å²) in [4.78, 5) is 14.8. The third kappa shape index (κ3) is 4.70. The molecule has 1 aromatic heterocycles. The summed E-state index contributed by atoms with van der Waals surface area (Å²) in [6.45, 7) is 2.24. The van der Waals surface area contributed by atoms with Gasteiger partial charge in [0.25, 0.3) is 5.91 Å². The van der Waals surface area contributed by atoms with E-state index in [0.29, 0.717) is 25.3 Å². The Kier molecular flexibility index (Phi) is 6.08. The second kappa shape index (κ2) is 8.30. The number of quaternary nitrogens is 1. The highest BCUT2D eigenvalue weighted by Gasteiger charge is 2.27. The van der Waals surface area contributed by atoms with E-state index in [4.69, 9.17) is 0 Å². The first-order chi connectivity index (χ1) is 12.4. The average Bonchev–Trinajstić information content (AvgIpc) is 3.28. The lowest BCUT2D eigenvalue weighted by Gasteiger charge is -2.16. The molecule has 2 heterocycles. The van der Waals surface area contributed by atoms with Crippen LogP contribution in [0.2, 0.25) is 0 Å². The predicted molar refractivity (Wildman–Crippen MR) is 103 cm³/mol. The molecule has 1 atom stereocenters. The number of thiophene rings is 1. The summed E-state index contributed by atoms with van der Waals surface area (Å²) in [6, 6.07) is 10.6. The zero-order chi connectivity index (χ0) is 18.6. The van der Waals surface area contributed by atoms with Gasteiger partial charge < -0.3 is 10.2 Å². The number of sulfonamides is 1. The lowest BCUT2D eigenvalue weighted by atomic mass is 10.3. The number of carbonyl (C=O) groups is 1. The van der Waals surface area contributed by atoms with Crippen molar-refractivity contribution in [1.29, 1.82) is 0 Å². The lowest BCUT2D eigenvalue weighted by Crippen LogP contribution is -3.08. The maximum Gasteiger partial charge on any atom is 0.279 e. The Hall–Kier alpha value is -1.74. The second-order valence-electron chi connectivity index (χ2n) is 6.58. The van der Waals surface area contributed by atoms with Crippen LogP contribution >= 0.6 is 11.3 Å². The van der Waals surface area contributed by atoms with Gasteiger partial charge in [-0.15, -0.1) is 11.3 Å². The van der Waals surface area contributed by atoms with Crippen molar-refractivity contribution in [2.75, 3.05) is 32.0 Å². The molecule has 1 fully saturated rings. The Morgan fingerprint density at radius 2 is 2.00 bits per heavy atom. The smallest absolute Gasteiger partial charge is 0.279 e. The molecule has 1 saturated heterocycles. The van der Waals surface area contributed by atoms with Gasteiger partial charge in [0.2, 0.25) is 10.0 Å². The van der Waals surface area contributed by atoms with Gasteiger partial charge in [0.1, 0.15) is 6.54 Å². The highest BCUT2D eigenvalue weighted by Crippen LogP contribution is 2.23. The number of likely N-dealkylation sites (N-methyl/N-ethyl adjacent to an activating group) is 1. The van der Waals surface area contributed by atoms with Crippen molar-refractivity contribution < 1.29 is 18.1 Å². The number of rotatable bonds is 7. The highest BCUT2D eigenvalue weighted by molar-refractivity contribution is 7.89. The molecule has 2 aromatic rings. The number of nitrogens with one attached hydrogen (secondary N) is 2. The minimum atomic E-state index is -3.48. The minimum Gasteiger partial charge on any atom is -0.325 e. The van der Waals surface area contributed by atoms with Crippen molar-refractivity contribution in [3.8, 4) is 0 Å². The third-order valence-electron chi connectivity index (χ3n) is 4.34. The van der Waals surface area contributed by atoms with Crippen molar-refractivity contribution in [1.82, 2.24) is 4.31 Å². The Morgan fingerprint density at radius 1 is 1.23 bits per heavy atom. The summed E-state index contributed by atoms with van der Waals surface area (Å²) >= 11 is 1.68. The average molecular weight is 395 g/mol. The number of amides is 1. The van der Waals surface area contributed by atoms with Crippen LogP contribution in [0, 0.1) is 0 Å². The van der Waals surface area contributed by atoms with E-state index in [1.165, 1.54) is 9.18 Å². The fourth-order valence-corrected chi connectivity index (χ4v) is 5.45. The lowest BCUT2D eigenvalue weighted by molar-refractivity contribution is -0.884. The van der Waals surface area contributed by atoms with Crippen LogP contribution in [0.1, 0.15) is 17.7 Å². The van der Waals surface area contributed by atoms with Gasteiger partial charge in [-0.05, 0) is 42.5 Å². The number of anilines is 1. The molecule has 6 nitrogen and oxygen atoms in total. The summed E-state index contributed by atoms with van der Waals surface area (Å²) in [7, 11) is -1.51. The molecule has 1 aliphatic rings. The molecule has 2 N–H and O–H groups in total. The topological polar surface area (TPSA) is 70.9 Å². The van der Waals surface area contributed by atoms with Crippen LogP contribution in [0.4, 0.5) is 5.69 Å². The van der Waals surface area contributed by atoms with E-state index >= 15 is 0 Å². The van der Waals surface area contributed by atoms with E-state index in [1.807, 2.05) is 18.5 Å². The fraction of sp³-hybridized carbons (Fsp3) is 0.389. The fourth-order valence-electron chi connectivity index (χ4n) is 3.06. The summed E-state index contributed by atoms with van der Waals surface area (Å²) in [5.74, 6) is -0.130. The first-order valence-electron chi connectivity index (χ1n) is 8.69. The van der Waals surface area contributed by atoms with E-state index in [2.05, 4.69) is 11.4 Å². The van der Waals surface area contributed by atoms with Crippen LogP contribution in [0.15, 0.2) is 46.7 Å². The molecule has 1 aromatic carbocycles. The van der Waals surface area contributed by atoms with Crippen molar-refractivity contribution >= 4 is 33.0 Å². The molecule has 140 valence electrons. The molecule has 0 saturated carbocycles. The quantitative estimate of drug-likeness (QED) is 0.741. The molecule has 8 heteroatoms. The largest absolute Gasteiger partial charge is 0.325 e. The van der Waals surface area contributed by atoms with E-state index in [9.17, 15) is 13.2 Å². The SMILES string of the molecule is C[NH+](CC(=O)Nc1cccc(S(=O)(=O)N2CCCC2)c1)Cc1cccs1. The second-order valence-corrected chi connectivity index (χ2v) is 9.55. The van der Waals surface area contributed by atoms with Crippen LogP contribution in [-0.4, -0.2) is 45.3 Å². The van der Waals surface area contributed by atoms with E-state index in [0.717, 1.165) is 24.3 Å². The number of hydrogen-bond donors (Lipinski definition) is 2. The maximum absolute atomic E-state index is 12.6. The van der Waals surface area contributed by atoms with Crippen molar-refractivity contribution in [3.63, 3.8) is 0 Å². The predicted octanol–water partition coefficient (Wildman–Crippen LogP) is 1.19. The molecule has 0 spiro atoms. The van der Waals surface area contributed by atoms with Gasteiger partial charge in [-0.25, -0.2) is 8.42 Å². The van der Waals surface area contributed by atoms with Crippen LogP contribution < -0.4 is 10.2 Å². The van der Waals surface area contributed by atoms with E-state index in [-0.39, 0.29) is 10.8 Å². The van der Waals surface area contributed by atoms with Crippen molar-refractivity contribution in [2.24, 2.45) is 0 Å². The molecule has 3 rings (SSSR count). The minimum absolute atomic E-state index is 0.130. The first-order valence-corrected chi connectivity index (χ1v) is 11.0. The Labute approximate surface area is 158 Å². The number of nitrogens with zero attached hydrogens (tertiary/aromatic N) is 1. The van der Waals surface area contributed by atoms with Gasteiger partial charge in [0.15, 0.2) is 6.54 Å². The summed E-state index contributed by atoms with van der Waals surface area (Å²) < 4.78 is 26.8. The zero-order valence-corrected chi connectivity index (χ0v) is 16.4.